The first-order valence-electron chi connectivity index (χ1n) is 8.03. The number of nitrogens with one attached hydrogen (secondary N) is 2. The summed E-state index contributed by atoms with van der Waals surface area (Å²) in [5, 5.41) is 5.72. The van der Waals surface area contributed by atoms with Gasteiger partial charge in [-0.1, -0.05) is 25.0 Å². The summed E-state index contributed by atoms with van der Waals surface area (Å²) >= 11 is 0. The first-order chi connectivity index (χ1) is 11.1. The van der Waals surface area contributed by atoms with Crippen molar-refractivity contribution in [3.05, 3.63) is 51.6 Å². The molecule has 4 rings (SSSR count). The highest BCUT2D eigenvalue weighted by atomic mass is 19.1. The van der Waals surface area contributed by atoms with E-state index in [1.807, 2.05) is 4.68 Å². The molecule has 2 aromatic rings. The van der Waals surface area contributed by atoms with Gasteiger partial charge < -0.3 is 5.32 Å². The van der Waals surface area contributed by atoms with E-state index in [2.05, 4.69) is 10.4 Å². The number of carbonyl (C=O) groups excluding carboxylic acids is 1. The Morgan fingerprint density at radius 3 is 2.70 bits per heavy atom. The molecular formula is C17H18FN3O2. The summed E-state index contributed by atoms with van der Waals surface area (Å²) < 4.78 is 15.4. The third-order valence-electron chi connectivity index (χ3n) is 4.90. The highest BCUT2D eigenvalue weighted by molar-refractivity contribution is 5.94. The van der Waals surface area contributed by atoms with Crippen molar-refractivity contribution in [1.29, 1.82) is 0 Å². The van der Waals surface area contributed by atoms with Crippen LogP contribution in [0.4, 0.5) is 10.2 Å². The fourth-order valence-corrected chi connectivity index (χ4v) is 3.83. The molecule has 5 nitrogen and oxygen atoms in total. The van der Waals surface area contributed by atoms with Crippen molar-refractivity contribution < 1.29 is 9.18 Å². The third kappa shape index (κ3) is 2.38. The van der Waals surface area contributed by atoms with E-state index >= 15 is 0 Å². The van der Waals surface area contributed by atoms with Gasteiger partial charge in [0, 0.05) is 12.3 Å². The summed E-state index contributed by atoms with van der Waals surface area (Å²) in [6.45, 7) is 0. The molecule has 0 saturated heterocycles. The Morgan fingerprint density at radius 1 is 1.17 bits per heavy atom. The topological polar surface area (TPSA) is 66.9 Å². The number of aromatic nitrogens is 2. The Balaban J connectivity index is 1.84. The summed E-state index contributed by atoms with van der Waals surface area (Å²) in [7, 11) is 0. The monoisotopic (exact) mass is 315 g/mol. The van der Waals surface area contributed by atoms with E-state index in [0.717, 1.165) is 25.7 Å². The number of rotatable bonds is 2. The molecule has 1 aromatic carbocycles. The second kappa shape index (κ2) is 5.37. The van der Waals surface area contributed by atoms with Crippen LogP contribution >= 0.6 is 0 Å². The van der Waals surface area contributed by atoms with Crippen LogP contribution in [0.25, 0.3) is 0 Å². The molecule has 6 heteroatoms. The maximum absolute atomic E-state index is 13.6. The lowest BCUT2D eigenvalue weighted by Crippen LogP contribution is -2.27. The Labute approximate surface area is 132 Å². The molecule has 1 atom stereocenters. The lowest BCUT2D eigenvalue weighted by Gasteiger charge is -2.24. The van der Waals surface area contributed by atoms with Crippen LogP contribution in [0.2, 0.25) is 0 Å². The normalized spacial score (nSPS) is 21.3. The Bertz CT molecular complexity index is 817. The van der Waals surface area contributed by atoms with Crippen molar-refractivity contribution in [3.63, 3.8) is 0 Å². The molecule has 120 valence electrons. The fourth-order valence-electron chi connectivity index (χ4n) is 3.83. The van der Waals surface area contributed by atoms with E-state index in [1.165, 1.54) is 12.1 Å². The Hall–Kier alpha value is -2.37. The van der Waals surface area contributed by atoms with E-state index in [9.17, 15) is 14.0 Å². The molecular weight excluding hydrogens is 297 g/mol. The number of hydrogen-bond acceptors (Lipinski definition) is 2. The molecule has 1 aliphatic carbocycles. The van der Waals surface area contributed by atoms with Crippen molar-refractivity contribution in [2.75, 3.05) is 5.32 Å². The van der Waals surface area contributed by atoms with E-state index in [4.69, 9.17) is 0 Å². The van der Waals surface area contributed by atoms with E-state index < -0.39 is 5.92 Å². The molecule has 0 radical (unpaired) electrons. The first-order valence-corrected chi connectivity index (χ1v) is 8.03. The van der Waals surface area contributed by atoms with Crippen LogP contribution in [0.5, 0.6) is 0 Å². The molecule has 0 bridgehead atoms. The molecule has 2 aliphatic rings. The second-order valence-electron chi connectivity index (χ2n) is 6.37. The van der Waals surface area contributed by atoms with Crippen molar-refractivity contribution in [2.24, 2.45) is 0 Å². The van der Waals surface area contributed by atoms with Crippen molar-refractivity contribution in [2.45, 2.75) is 44.1 Å². The van der Waals surface area contributed by atoms with Gasteiger partial charge in [-0.05, 0) is 30.5 Å². The third-order valence-corrected chi connectivity index (χ3v) is 4.90. The zero-order valence-corrected chi connectivity index (χ0v) is 12.6. The van der Waals surface area contributed by atoms with Gasteiger partial charge in [0.1, 0.15) is 11.6 Å². The van der Waals surface area contributed by atoms with Gasteiger partial charge in [0.15, 0.2) is 0 Å². The molecule has 0 unspecified atom stereocenters. The van der Waals surface area contributed by atoms with Gasteiger partial charge in [-0.25, -0.2) is 4.39 Å². The molecule has 1 fully saturated rings. The van der Waals surface area contributed by atoms with Crippen molar-refractivity contribution in [1.82, 2.24) is 9.78 Å². The number of aromatic amines is 1. The molecule has 0 spiro atoms. The number of benzene rings is 1. The van der Waals surface area contributed by atoms with Crippen LogP contribution in [-0.2, 0) is 4.79 Å². The molecule has 1 amide bonds. The molecule has 23 heavy (non-hydrogen) atoms. The fraction of sp³-hybridized carbons (Fsp3) is 0.412. The molecule has 2 heterocycles. The standard InChI is InChI=1S/C17H18FN3O2/c18-11-5-3-4-10(8-11)13-9-14(22)19-16-15(13)17(23)20-21(16)12-6-1-2-7-12/h3-5,8,12-13H,1-2,6-7,9H2,(H,19,22)(H,20,23)/t13-/m0/s1. The number of nitrogens with zero attached hydrogens (tertiary/aromatic N) is 1. The number of hydrogen-bond donors (Lipinski definition) is 2. The quantitative estimate of drug-likeness (QED) is 0.895. The van der Waals surface area contributed by atoms with Gasteiger partial charge in [-0.3, -0.25) is 19.4 Å². The van der Waals surface area contributed by atoms with E-state index in [1.54, 1.807) is 12.1 Å². The van der Waals surface area contributed by atoms with Gasteiger partial charge in [0.25, 0.3) is 5.56 Å². The van der Waals surface area contributed by atoms with Crippen LogP contribution in [0.15, 0.2) is 29.1 Å². The van der Waals surface area contributed by atoms with Crippen LogP contribution in [0.3, 0.4) is 0 Å². The smallest absolute Gasteiger partial charge is 0.270 e. The Kier molecular flexibility index (Phi) is 3.32. The lowest BCUT2D eigenvalue weighted by molar-refractivity contribution is -0.116. The summed E-state index contributed by atoms with van der Waals surface area (Å²) in [5.74, 6) is -0.340. The van der Waals surface area contributed by atoms with Crippen molar-refractivity contribution >= 4 is 11.7 Å². The van der Waals surface area contributed by atoms with Gasteiger partial charge in [0.05, 0.1) is 11.6 Å². The van der Waals surface area contributed by atoms with Gasteiger partial charge in [-0.2, -0.15) is 0 Å². The zero-order chi connectivity index (χ0) is 16.0. The lowest BCUT2D eigenvalue weighted by atomic mass is 9.87. The molecule has 1 saturated carbocycles. The second-order valence-corrected chi connectivity index (χ2v) is 6.37. The molecule has 1 aromatic heterocycles. The van der Waals surface area contributed by atoms with Crippen LogP contribution in [-0.4, -0.2) is 15.7 Å². The number of amides is 1. The minimum absolute atomic E-state index is 0.141. The first kappa shape index (κ1) is 14.2. The SMILES string of the molecule is O=C1C[C@@H](c2cccc(F)c2)c2c(n(C3CCCC3)[nH]c2=O)N1. The van der Waals surface area contributed by atoms with Gasteiger partial charge in [-0.15, -0.1) is 0 Å². The van der Waals surface area contributed by atoms with Crippen LogP contribution < -0.4 is 10.9 Å². The maximum atomic E-state index is 13.6. The van der Waals surface area contributed by atoms with Crippen LogP contribution in [0.1, 0.15) is 55.2 Å². The van der Waals surface area contributed by atoms with Gasteiger partial charge >= 0.3 is 0 Å². The highest BCUT2D eigenvalue weighted by Crippen LogP contribution is 2.38. The molecule has 2 N–H and O–H groups in total. The van der Waals surface area contributed by atoms with Crippen LogP contribution in [0, 0.1) is 5.82 Å². The summed E-state index contributed by atoms with van der Waals surface area (Å²) in [6, 6.07) is 6.36. The summed E-state index contributed by atoms with van der Waals surface area (Å²) in [6.07, 6.45) is 4.41. The summed E-state index contributed by atoms with van der Waals surface area (Å²) in [5.41, 5.74) is 1.01. The average Bonchev–Trinajstić information content (AvgIpc) is 3.15. The number of fused-ring (bicyclic) bond motifs is 1. The minimum atomic E-state index is -0.402. The number of H-pyrrole nitrogens is 1. The maximum Gasteiger partial charge on any atom is 0.270 e. The zero-order valence-electron chi connectivity index (χ0n) is 12.6. The average molecular weight is 315 g/mol. The minimum Gasteiger partial charge on any atom is -0.311 e. The number of anilines is 1. The number of halogens is 1. The number of carbonyl (C=O) groups is 1. The Morgan fingerprint density at radius 2 is 1.96 bits per heavy atom. The highest BCUT2D eigenvalue weighted by Gasteiger charge is 2.34. The molecule has 1 aliphatic heterocycles. The predicted octanol–water partition coefficient (Wildman–Crippen LogP) is 2.90. The van der Waals surface area contributed by atoms with E-state index in [-0.39, 0.29) is 29.7 Å². The van der Waals surface area contributed by atoms with Gasteiger partial charge in [0.2, 0.25) is 5.91 Å². The largest absolute Gasteiger partial charge is 0.311 e. The summed E-state index contributed by atoms with van der Waals surface area (Å²) in [4.78, 5) is 24.6. The van der Waals surface area contributed by atoms with E-state index in [0.29, 0.717) is 16.9 Å². The van der Waals surface area contributed by atoms with Crippen molar-refractivity contribution in [3.8, 4) is 0 Å². The predicted molar refractivity (Wildman–Crippen MR) is 84.0 cm³/mol.